The minimum absolute atomic E-state index is 0.0417. The molecule has 1 fully saturated rings. The SMILES string of the molecule is CC1(C)C(=O)N[C@H]1c1ccco1. The zero-order valence-electron chi connectivity index (χ0n) is 7.13. The van der Waals surface area contributed by atoms with Gasteiger partial charge in [-0.15, -0.1) is 0 Å². The fourth-order valence-electron chi connectivity index (χ4n) is 1.43. The van der Waals surface area contributed by atoms with Gasteiger partial charge in [-0.3, -0.25) is 4.79 Å². The Morgan fingerprint density at radius 1 is 1.58 bits per heavy atom. The second-order valence-electron chi connectivity index (χ2n) is 3.64. The Hall–Kier alpha value is -1.25. The van der Waals surface area contributed by atoms with Gasteiger partial charge < -0.3 is 9.73 Å². The van der Waals surface area contributed by atoms with Gasteiger partial charge in [0, 0.05) is 0 Å². The lowest BCUT2D eigenvalue weighted by Crippen LogP contribution is -2.57. The summed E-state index contributed by atoms with van der Waals surface area (Å²) >= 11 is 0. The van der Waals surface area contributed by atoms with Gasteiger partial charge in [0.15, 0.2) is 0 Å². The van der Waals surface area contributed by atoms with Crippen molar-refractivity contribution in [1.29, 1.82) is 0 Å². The van der Waals surface area contributed by atoms with Crippen molar-refractivity contribution in [2.24, 2.45) is 5.41 Å². The van der Waals surface area contributed by atoms with Gasteiger partial charge in [-0.1, -0.05) is 0 Å². The van der Waals surface area contributed by atoms with E-state index in [0.717, 1.165) is 5.76 Å². The third-order valence-electron chi connectivity index (χ3n) is 2.41. The Morgan fingerprint density at radius 2 is 2.33 bits per heavy atom. The number of carbonyl (C=O) groups is 1. The average Bonchev–Trinajstić information content (AvgIpc) is 2.51. The fourth-order valence-corrected chi connectivity index (χ4v) is 1.43. The summed E-state index contributed by atoms with van der Waals surface area (Å²) in [6.07, 6.45) is 1.62. The standard InChI is InChI=1S/C9H11NO2/c1-9(2)7(10-8(9)11)6-4-3-5-12-6/h3-5,7H,1-2H3,(H,10,11)/t7-/m0/s1. The third kappa shape index (κ3) is 0.793. The van der Waals surface area contributed by atoms with E-state index in [1.54, 1.807) is 6.26 Å². The van der Waals surface area contributed by atoms with Crippen LogP contribution < -0.4 is 5.32 Å². The van der Waals surface area contributed by atoms with Crippen LogP contribution in [0.3, 0.4) is 0 Å². The van der Waals surface area contributed by atoms with Crippen molar-refractivity contribution in [1.82, 2.24) is 5.32 Å². The first kappa shape index (κ1) is 7.40. The highest BCUT2D eigenvalue weighted by molar-refractivity contribution is 5.89. The Labute approximate surface area is 70.8 Å². The number of hydrogen-bond acceptors (Lipinski definition) is 2. The van der Waals surface area contributed by atoms with Crippen LogP contribution in [0.1, 0.15) is 25.6 Å². The lowest BCUT2D eigenvalue weighted by molar-refractivity contribution is -0.143. The van der Waals surface area contributed by atoms with E-state index in [1.165, 1.54) is 0 Å². The fraction of sp³-hybridized carbons (Fsp3) is 0.444. The molecular weight excluding hydrogens is 154 g/mol. The summed E-state index contributed by atoms with van der Waals surface area (Å²) in [5, 5.41) is 2.80. The van der Waals surface area contributed by atoms with Crippen molar-refractivity contribution >= 4 is 5.91 Å². The van der Waals surface area contributed by atoms with Crippen molar-refractivity contribution in [3.63, 3.8) is 0 Å². The molecule has 1 aliphatic heterocycles. The second-order valence-corrected chi connectivity index (χ2v) is 3.64. The molecule has 2 rings (SSSR count). The zero-order chi connectivity index (χ0) is 8.77. The van der Waals surface area contributed by atoms with E-state index in [9.17, 15) is 4.79 Å². The Morgan fingerprint density at radius 3 is 2.75 bits per heavy atom. The molecule has 64 valence electrons. The Balaban J connectivity index is 2.25. The molecule has 1 atom stereocenters. The molecule has 0 bridgehead atoms. The molecule has 0 saturated carbocycles. The van der Waals surface area contributed by atoms with Gasteiger partial charge in [0.25, 0.3) is 0 Å². The van der Waals surface area contributed by atoms with Gasteiger partial charge >= 0.3 is 0 Å². The van der Waals surface area contributed by atoms with Crippen LogP contribution in [0, 0.1) is 5.41 Å². The van der Waals surface area contributed by atoms with Crippen LogP contribution in [0.4, 0.5) is 0 Å². The van der Waals surface area contributed by atoms with Gasteiger partial charge in [-0.2, -0.15) is 0 Å². The van der Waals surface area contributed by atoms with Gasteiger partial charge in [-0.05, 0) is 26.0 Å². The first-order valence-corrected chi connectivity index (χ1v) is 3.97. The van der Waals surface area contributed by atoms with E-state index >= 15 is 0 Å². The van der Waals surface area contributed by atoms with Crippen molar-refractivity contribution in [2.75, 3.05) is 0 Å². The topological polar surface area (TPSA) is 42.2 Å². The van der Waals surface area contributed by atoms with E-state index in [0.29, 0.717) is 0 Å². The summed E-state index contributed by atoms with van der Waals surface area (Å²) in [6.45, 7) is 3.83. The van der Waals surface area contributed by atoms with Gasteiger partial charge in [0.05, 0.1) is 11.7 Å². The predicted molar refractivity (Wildman–Crippen MR) is 43.4 cm³/mol. The van der Waals surface area contributed by atoms with E-state index in [4.69, 9.17) is 4.42 Å². The largest absolute Gasteiger partial charge is 0.467 e. The van der Waals surface area contributed by atoms with Gasteiger partial charge in [0.2, 0.25) is 5.91 Å². The molecule has 1 N–H and O–H groups in total. The summed E-state index contributed by atoms with van der Waals surface area (Å²) < 4.78 is 5.21. The normalized spacial score (nSPS) is 26.2. The molecule has 0 spiro atoms. The number of amides is 1. The molecule has 1 aromatic heterocycles. The van der Waals surface area contributed by atoms with Crippen LogP contribution in [-0.4, -0.2) is 5.91 Å². The summed E-state index contributed by atoms with van der Waals surface area (Å²) in [4.78, 5) is 11.1. The number of furan rings is 1. The minimum atomic E-state index is -0.322. The molecule has 1 aromatic rings. The van der Waals surface area contributed by atoms with Gasteiger partial charge in [-0.25, -0.2) is 0 Å². The molecule has 0 unspecified atom stereocenters. The van der Waals surface area contributed by atoms with E-state index in [1.807, 2.05) is 26.0 Å². The molecule has 1 amide bonds. The van der Waals surface area contributed by atoms with Crippen molar-refractivity contribution in [3.05, 3.63) is 24.2 Å². The maximum atomic E-state index is 11.1. The zero-order valence-corrected chi connectivity index (χ0v) is 7.13. The molecule has 2 heterocycles. The van der Waals surface area contributed by atoms with E-state index in [-0.39, 0.29) is 17.4 Å². The summed E-state index contributed by atoms with van der Waals surface area (Å²) in [5.74, 6) is 0.920. The maximum absolute atomic E-state index is 11.1. The van der Waals surface area contributed by atoms with Crippen molar-refractivity contribution in [2.45, 2.75) is 19.9 Å². The summed E-state index contributed by atoms with van der Waals surface area (Å²) in [5.41, 5.74) is -0.322. The average molecular weight is 165 g/mol. The number of hydrogen-bond donors (Lipinski definition) is 1. The van der Waals surface area contributed by atoms with E-state index < -0.39 is 0 Å². The third-order valence-corrected chi connectivity index (χ3v) is 2.41. The molecule has 0 aromatic carbocycles. The predicted octanol–water partition coefficient (Wildman–Crippen LogP) is 1.48. The van der Waals surface area contributed by atoms with Crippen LogP contribution >= 0.6 is 0 Å². The van der Waals surface area contributed by atoms with Crippen molar-refractivity contribution < 1.29 is 9.21 Å². The molecule has 1 saturated heterocycles. The highest BCUT2D eigenvalue weighted by Gasteiger charge is 2.49. The second kappa shape index (κ2) is 2.12. The molecule has 0 radical (unpaired) electrons. The summed E-state index contributed by atoms with van der Waals surface area (Å²) in [7, 11) is 0. The number of β-lactam (4-membered cyclic amide) rings is 1. The lowest BCUT2D eigenvalue weighted by atomic mass is 9.75. The first-order chi connectivity index (χ1) is 5.62. The number of carbonyl (C=O) groups excluding carboxylic acids is 1. The van der Waals surface area contributed by atoms with Gasteiger partial charge in [0.1, 0.15) is 11.8 Å². The molecule has 3 heteroatoms. The van der Waals surface area contributed by atoms with Crippen LogP contribution in [0.15, 0.2) is 22.8 Å². The maximum Gasteiger partial charge on any atom is 0.228 e. The number of rotatable bonds is 1. The van der Waals surface area contributed by atoms with Crippen molar-refractivity contribution in [3.8, 4) is 0 Å². The van der Waals surface area contributed by atoms with Crippen LogP contribution in [0.2, 0.25) is 0 Å². The Bertz CT molecular complexity index is 300. The van der Waals surface area contributed by atoms with Crippen LogP contribution in [0.5, 0.6) is 0 Å². The van der Waals surface area contributed by atoms with Crippen LogP contribution in [-0.2, 0) is 4.79 Å². The lowest BCUT2D eigenvalue weighted by Gasteiger charge is -2.42. The molecular formula is C9H11NO2. The quantitative estimate of drug-likeness (QED) is 0.640. The molecule has 12 heavy (non-hydrogen) atoms. The summed E-state index contributed by atoms with van der Waals surface area (Å²) in [6, 6.07) is 3.75. The first-order valence-electron chi connectivity index (χ1n) is 3.97. The molecule has 1 aliphatic rings. The smallest absolute Gasteiger partial charge is 0.228 e. The monoisotopic (exact) mass is 165 g/mol. The number of nitrogens with one attached hydrogen (secondary N) is 1. The molecule has 0 aliphatic carbocycles. The Kier molecular flexibility index (Phi) is 1.31. The highest BCUT2D eigenvalue weighted by Crippen LogP contribution is 2.41. The van der Waals surface area contributed by atoms with E-state index in [2.05, 4.69) is 5.32 Å². The molecule has 3 nitrogen and oxygen atoms in total. The van der Waals surface area contributed by atoms with Crippen LogP contribution in [0.25, 0.3) is 0 Å². The highest BCUT2D eigenvalue weighted by atomic mass is 16.3. The minimum Gasteiger partial charge on any atom is -0.467 e.